The lowest BCUT2D eigenvalue weighted by molar-refractivity contribution is 0.104. The normalized spacial score (nSPS) is 11.5. The van der Waals surface area contributed by atoms with Crippen molar-refractivity contribution in [1.82, 2.24) is 10.2 Å². The van der Waals surface area contributed by atoms with Crippen LogP contribution in [0.25, 0.3) is 17.0 Å². The SMILES string of the molecule is Cc1[nH]nc2ccc(C=CC(=O)c3ccccc3OCC(C)C)cc12. The topological polar surface area (TPSA) is 55.0 Å². The van der Waals surface area contributed by atoms with Gasteiger partial charge in [0.05, 0.1) is 17.7 Å². The molecule has 0 aliphatic heterocycles. The number of nitrogens with one attached hydrogen (secondary N) is 1. The zero-order chi connectivity index (χ0) is 17.8. The van der Waals surface area contributed by atoms with E-state index in [9.17, 15) is 4.79 Å². The van der Waals surface area contributed by atoms with Crippen molar-refractivity contribution in [2.24, 2.45) is 5.92 Å². The van der Waals surface area contributed by atoms with Crippen LogP contribution in [0, 0.1) is 12.8 Å². The highest BCUT2D eigenvalue weighted by atomic mass is 16.5. The lowest BCUT2D eigenvalue weighted by Gasteiger charge is -2.11. The predicted molar refractivity (Wildman–Crippen MR) is 101 cm³/mol. The lowest BCUT2D eigenvalue weighted by Crippen LogP contribution is -2.07. The van der Waals surface area contributed by atoms with Crippen LogP contribution < -0.4 is 4.74 Å². The molecule has 0 amide bonds. The third-order valence-electron chi connectivity index (χ3n) is 3.92. The molecule has 128 valence electrons. The maximum absolute atomic E-state index is 12.6. The molecule has 25 heavy (non-hydrogen) atoms. The van der Waals surface area contributed by atoms with Crippen LogP contribution in [-0.4, -0.2) is 22.6 Å². The summed E-state index contributed by atoms with van der Waals surface area (Å²) in [4.78, 5) is 12.6. The minimum atomic E-state index is -0.0663. The van der Waals surface area contributed by atoms with Gasteiger partial charge in [0.15, 0.2) is 5.78 Å². The number of aromatic nitrogens is 2. The van der Waals surface area contributed by atoms with Crippen LogP contribution in [0.4, 0.5) is 0 Å². The average Bonchev–Trinajstić information content (AvgIpc) is 2.98. The standard InChI is InChI=1S/C21H22N2O2/c1-14(2)13-25-21-7-5-4-6-17(21)20(24)11-9-16-8-10-19-18(12-16)15(3)22-23-19/h4-12,14H,13H2,1-3H3,(H,22,23). The Bertz CT molecular complexity index is 923. The van der Waals surface area contributed by atoms with Crippen molar-refractivity contribution in [2.75, 3.05) is 6.61 Å². The molecule has 4 heteroatoms. The van der Waals surface area contributed by atoms with Gasteiger partial charge in [0.1, 0.15) is 5.75 Å². The minimum Gasteiger partial charge on any atom is -0.493 e. The van der Waals surface area contributed by atoms with E-state index in [1.54, 1.807) is 12.1 Å². The number of para-hydroxylation sites is 1. The molecule has 4 nitrogen and oxygen atoms in total. The summed E-state index contributed by atoms with van der Waals surface area (Å²) in [5.41, 5.74) is 3.49. The number of carbonyl (C=O) groups is 1. The van der Waals surface area contributed by atoms with Crippen LogP contribution in [-0.2, 0) is 0 Å². The van der Waals surface area contributed by atoms with Crippen LogP contribution in [0.2, 0.25) is 0 Å². The highest BCUT2D eigenvalue weighted by molar-refractivity contribution is 6.08. The van der Waals surface area contributed by atoms with E-state index in [0.717, 1.165) is 22.2 Å². The number of nitrogens with zero attached hydrogens (tertiary/aromatic N) is 1. The van der Waals surface area contributed by atoms with Crippen LogP contribution in [0.1, 0.15) is 35.5 Å². The van der Waals surface area contributed by atoms with Gasteiger partial charge in [0.2, 0.25) is 0 Å². The van der Waals surface area contributed by atoms with E-state index >= 15 is 0 Å². The molecule has 1 N–H and O–H groups in total. The second-order valence-corrected chi connectivity index (χ2v) is 6.52. The molecule has 0 spiro atoms. The molecule has 1 aromatic heterocycles. The summed E-state index contributed by atoms with van der Waals surface area (Å²) >= 11 is 0. The van der Waals surface area contributed by atoms with Crippen LogP contribution in [0.5, 0.6) is 5.75 Å². The van der Waals surface area contributed by atoms with Gasteiger partial charge in [-0.3, -0.25) is 9.89 Å². The molecule has 3 aromatic rings. The third kappa shape index (κ3) is 3.97. The van der Waals surface area contributed by atoms with Crippen LogP contribution in [0.3, 0.4) is 0 Å². The molecule has 1 heterocycles. The maximum Gasteiger partial charge on any atom is 0.189 e. The van der Waals surface area contributed by atoms with E-state index < -0.39 is 0 Å². The fourth-order valence-corrected chi connectivity index (χ4v) is 2.57. The maximum atomic E-state index is 12.6. The molecule has 0 atom stereocenters. The van der Waals surface area contributed by atoms with E-state index in [2.05, 4.69) is 24.0 Å². The molecular weight excluding hydrogens is 312 g/mol. The molecule has 0 bridgehead atoms. The average molecular weight is 334 g/mol. The Morgan fingerprint density at radius 1 is 1.24 bits per heavy atom. The number of carbonyl (C=O) groups excluding carboxylic acids is 1. The first-order valence-corrected chi connectivity index (χ1v) is 8.43. The molecular formula is C21H22N2O2. The quantitative estimate of drug-likeness (QED) is 0.520. The summed E-state index contributed by atoms with van der Waals surface area (Å²) in [5, 5.41) is 8.25. The molecule has 0 aliphatic carbocycles. The van der Waals surface area contributed by atoms with Gasteiger partial charge >= 0.3 is 0 Å². The second-order valence-electron chi connectivity index (χ2n) is 6.52. The van der Waals surface area contributed by atoms with Gasteiger partial charge in [-0.05, 0) is 48.7 Å². The number of benzene rings is 2. The van der Waals surface area contributed by atoms with E-state index in [4.69, 9.17) is 4.74 Å². The fraction of sp³-hybridized carbons (Fsp3) is 0.238. The van der Waals surface area contributed by atoms with Crippen molar-refractivity contribution in [3.63, 3.8) is 0 Å². The van der Waals surface area contributed by atoms with E-state index in [-0.39, 0.29) is 5.78 Å². The molecule has 0 unspecified atom stereocenters. The number of allylic oxidation sites excluding steroid dienone is 1. The Kier molecular flexibility index (Phi) is 4.98. The summed E-state index contributed by atoms with van der Waals surface area (Å²) in [7, 11) is 0. The van der Waals surface area contributed by atoms with Gasteiger partial charge in [-0.25, -0.2) is 0 Å². The molecule has 0 aliphatic rings. The Balaban J connectivity index is 1.81. The largest absolute Gasteiger partial charge is 0.493 e. The summed E-state index contributed by atoms with van der Waals surface area (Å²) in [6, 6.07) is 13.3. The zero-order valence-electron chi connectivity index (χ0n) is 14.7. The number of hydrogen-bond donors (Lipinski definition) is 1. The minimum absolute atomic E-state index is 0.0663. The van der Waals surface area contributed by atoms with Gasteiger partial charge in [-0.2, -0.15) is 5.10 Å². The predicted octanol–water partition coefficient (Wildman–Crippen LogP) is 4.80. The van der Waals surface area contributed by atoms with Crippen molar-refractivity contribution >= 4 is 22.8 Å². The number of ether oxygens (including phenoxy) is 1. The Labute approximate surface area is 147 Å². The number of fused-ring (bicyclic) bond motifs is 1. The van der Waals surface area contributed by atoms with E-state index in [1.807, 2.05) is 49.4 Å². The summed E-state index contributed by atoms with van der Waals surface area (Å²) in [6.07, 6.45) is 3.42. The highest BCUT2D eigenvalue weighted by Crippen LogP contribution is 2.21. The van der Waals surface area contributed by atoms with Crippen molar-refractivity contribution in [3.8, 4) is 5.75 Å². The smallest absolute Gasteiger partial charge is 0.189 e. The van der Waals surface area contributed by atoms with E-state index in [1.165, 1.54) is 0 Å². The highest BCUT2D eigenvalue weighted by Gasteiger charge is 2.10. The fourth-order valence-electron chi connectivity index (χ4n) is 2.57. The van der Waals surface area contributed by atoms with Gasteiger partial charge in [-0.15, -0.1) is 0 Å². The van der Waals surface area contributed by atoms with Gasteiger partial charge in [0.25, 0.3) is 0 Å². The van der Waals surface area contributed by atoms with Crippen molar-refractivity contribution in [2.45, 2.75) is 20.8 Å². The first-order valence-electron chi connectivity index (χ1n) is 8.43. The van der Waals surface area contributed by atoms with Crippen LogP contribution >= 0.6 is 0 Å². The van der Waals surface area contributed by atoms with Gasteiger partial charge in [0, 0.05) is 11.1 Å². The summed E-state index contributed by atoms with van der Waals surface area (Å²) in [5.74, 6) is 0.971. The van der Waals surface area contributed by atoms with E-state index in [0.29, 0.717) is 23.8 Å². The summed E-state index contributed by atoms with van der Waals surface area (Å²) < 4.78 is 5.77. The monoisotopic (exact) mass is 334 g/mol. The third-order valence-corrected chi connectivity index (χ3v) is 3.92. The number of rotatable bonds is 6. The van der Waals surface area contributed by atoms with Gasteiger partial charge < -0.3 is 4.74 Å². The first-order chi connectivity index (χ1) is 12.0. The van der Waals surface area contributed by atoms with Gasteiger partial charge in [-0.1, -0.05) is 38.1 Å². The number of hydrogen-bond acceptors (Lipinski definition) is 3. The molecule has 0 fully saturated rings. The van der Waals surface area contributed by atoms with Crippen molar-refractivity contribution in [3.05, 3.63) is 65.4 Å². The van der Waals surface area contributed by atoms with Crippen LogP contribution in [0.15, 0.2) is 48.5 Å². The number of aryl methyl sites for hydroxylation is 1. The lowest BCUT2D eigenvalue weighted by atomic mass is 10.1. The zero-order valence-corrected chi connectivity index (χ0v) is 14.7. The number of ketones is 1. The second kappa shape index (κ2) is 7.34. The molecule has 0 saturated carbocycles. The number of H-pyrrole nitrogens is 1. The molecule has 0 radical (unpaired) electrons. The summed E-state index contributed by atoms with van der Waals surface area (Å²) in [6.45, 7) is 6.73. The Hall–Kier alpha value is -2.88. The van der Waals surface area contributed by atoms with Crippen molar-refractivity contribution < 1.29 is 9.53 Å². The molecule has 0 saturated heterocycles. The Morgan fingerprint density at radius 3 is 2.84 bits per heavy atom. The first kappa shape index (κ1) is 17.0. The Morgan fingerprint density at radius 2 is 2.04 bits per heavy atom. The number of aromatic amines is 1. The molecule has 3 rings (SSSR count). The van der Waals surface area contributed by atoms with Crippen molar-refractivity contribution in [1.29, 1.82) is 0 Å². The molecule has 2 aromatic carbocycles.